The molecule has 43 heavy (non-hydrogen) atoms. The molecule has 0 aliphatic carbocycles. The van der Waals surface area contributed by atoms with E-state index in [9.17, 15) is 13.2 Å². The molecular formula is C35H46N2O5S. The molecule has 0 amide bonds. The summed E-state index contributed by atoms with van der Waals surface area (Å²) in [6.07, 6.45) is 7.15. The highest BCUT2D eigenvalue weighted by Crippen LogP contribution is 2.50. The van der Waals surface area contributed by atoms with Crippen molar-refractivity contribution in [2.24, 2.45) is 5.41 Å². The first-order valence-electron chi connectivity index (χ1n) is 15.5. The molecule has 0 saturated carbocycles. The molecule has 1 N–H and O–H groups in total. The maximum absolute atomic E-state index is 14.0. The summed E-state index contributed by atoms with van der Waals surface area (Å²) in [5.41, 5.74) is 4.16. The average molecular weight is 607 g/mol. The summed E-state index contributed by atoms with van der Waals surface area (Å²) in [6.45, 7) is 4.62. The first-order chi connectivity index (χ1) is 20.6. The molecule has 0 saturated heterocycles. The summed E-state index contributed by atoms with van der Waals surface area (Å²) in [6, 6.07) is 19.4. The zero-order chi connectivity index (χ0) is 31.0. The second-order valence-electron chi connectivity index (χ2n) is 12.2. The molecule has 2 aromatic carbocycles. The largest absolute Gasteiger partial charge is 0.487 e. The second kappa shape index (κ2) is 14.4. The summed E-state index contributed by atoms with van der Waals surface area (Å²) < 4.78 is 34.1. The molecule has 1 aromatic heterocycles. The summed E-state index contributed by atoms with van der Waals surface area (Å²) in [5, 5.41) is 8.97. The average Bonchev–Trinajstić information content (AvgIpc) is 3.09. The van der Waals surface area contributed by atoms with Gasteiger partial charge in [-0.3, -0.25) is 9.78 Å². The number of hydrogen-bond donors (Lipinski definition) is 1. The van der Waals surface area contributed by atoms with Crippen LogP contribution in [0.15, 0.2) is 65.6 Å². The number of aliphatic carboxylic acids is 1. The summed E-state index contributed by atoms with van der Waals surface area (Å²) in [7, 11) is 0.494. The number of anilines is 1. The van der Waals surface area contributed by atoms with Gasteiger partial charge < -0.3 is 14.7 Å². The Hall–Kier alpha value is -3.39. The Labute approximate surface area is 257 Å². The van der Waals surface area contributed by atoms with Crippen molar-refractivity contribution in [2.45, 2.75) is 89.1 Å². The van der Waals surface area contributed by atoms with Gasteiger partial charge in [-0.2, -0.15) is 0 Å². The fraction of sp³-hybridized carbons (Fsp3) is 0.486. The van der Waals surface area contributed by atoms with E-state index in [1.54, 1.807) is 0 Å². The fourth-order valence-electron chi connectivity index (χ4n) is 6.26. The number of aromatic nitrogens is 1. The van der Waals surface area contributed by atoms with Gasteiger partial charge in [0.2, 0.25) is 0 Å². The van der Waals surface area contributed by atoms with Crippen LogP contribution in [0.2, 0.25) is 0 Å². The van der Waals surface area contributed by atoms with Gasteiger partial charge in [0.05, 0.1) is 22.8 Å². The van der Waals surface area contributed by atoms with Gasteiger partial charge in [0.25, 0.3) is 0 Å². The molecule has 1 atom stereocenters. The highest BCUT2D eigenvalue weighted by atomic mass is 32.2. The molecule has 0 fully saturated rings. The normalized spacial score (nSPS) is 17.1. The predicted octanol–water partition coefficient (Wildman–Crippen LogP) is 7.42. The standard InChI is InChI=1S/C35H46N2O5S/c1-5-7-20-35(21-8-6-2)23-32(31-22-29(37(3)4)15-18-33(31)43(40,41)25-35)26-12-16-30(17-13-26)42-24-28-11-9-10-27(36-28)14-19-34(38)39/h9-13,15-18,22,32H,5-8,14,19-21,23-25H2,1-4H3,(H,38,39). The molecule has 4 rings (SSSR count). The fourth-order valence-corrected chi connectivity index (χ4v) is 8.47. The van der Waals surface area contributed by atoms with E-state index in [1.807, 2.05) is 61.5 Å². The minimum absolute atomic E-state index is 0.0403. The zero-order valence-electron chi connectivity index (χ0n) is 26.0. The Morgan fingerprint density at radius 3 is 2.30 bits per heavy atom. The molecule has 0 spiro atoms. The van der Waals surface area contributed by atoms with Crippen molar-refractivity contribution in [1.29, 1.82) is 0 Å². The van der Waals surface area contributed by atoms with E-state index < -0.39 is 15.8 Å². The highest BCUT2D eigenvalue weighted by Gasteiger charge is 2.43. The van der Waals surface area contributed by atoms with E-state index in [4.69, 9.17) is 9.84 Å². The maximum atomic E-state index is 14.0. The third-order valence-electron chi connectivity index (χ3n) is 8.60. The van der Waals surface area contributed by atoms with Gasteiger partial charge in [-0.25, -0.2) is 8.42 Å². The van der Waals surface area contributed by atoms with Crippen LogP contribution in [-0.4, -0.2) is 44.3 Å². The number of benzene rings is 2. The van der Waals surface area contributed by atoms with E-state index in [1.165, 1.54) is 0 Å². The van der Waals surface area contributed by atoms with Crippen molar-refractivity contribution in [1.82, 2.24) is 4.98 Å². The lowest BCUT2D eigenvalue weighted by molar-refractivity contribution is -0.136. The Bertz CT molecular complexity index is 1480. The van der Waals surface area contributed by atoms with Gasteiger partial charge in [-0.05, 0) is 78.3 Å². The number of unbranched alkanes of at least 4 members (excludes halogenated alkanes) is 2. The number of fused-ring (bicyclic) bond motifs is 1. The topological polar surface area (TPSA) is 96.8 Å². The second-order valence-corrected chi connectivity index (χ2v) is 14.2. The van der Waals surface area contributed by atoms with Crippen LogP contribution in [0.1, 0.15) is 93.6 Å². The molecule has 1 aliphatic heterocycles. The van der Waals surface area contributed by atoms with Gasteiger partial charge in [0.1, 0.15) is 12.4 Å². The Kier molecular flexibility index (Phi) is 10.9. The van der Waals surface area contributed by atoms with E-state index >= 15 is 0 Å². The third-order valence-corrected chi connectivity index (χ3v) is 10.6. The third kappa shape index (κ3) is 8.37. The van der Waals surface area contributed by atoms with E-state index in [-0.39, 0.29) is 30.1 Å². The molecule has 2 heterocycles. The van der Waals surface area contributed by atoms with Crippen LogP contribution in [0, 0.1) is 5.41 Å². The van der Waals surface area contributed by atoms with Gasteiger partial charge in [0, 0.05) is 37.8 Å². The lowest BCUT2D eigenvalue weighted by Gasteiger charge is -2.35. The maximum Gasteiger partial charge on any atom is 0.303 e. The first kappa shape index (κ1) is 32.5. The molecule has 0 bridgehead atoms. The molecule has 8 heteroatoms. The van der Waals surface area contributed by atoms with Gasteiger partial charge in [-0.15, -0.1) is 0 Å². The van der Waals surface area contributed by atoms with E-state index in [2.05, 4.69) is 37.0 Å². The molecule has 1 unspecified atom stereocenters. The number of aryl methyl sites for hydroxylation is 1. The molecule has 7 nitrogen and oxygen atoms in total. The number of rotatable bonds is 14. The van der Waals surface area contributed by atoms with Crippen LogP contribution in [0.25, 0.3) is 0 Å². The Morgan fingerprint density at radius 1 is 1.00 bits per heavy atom. The molecule has 0 radical (unpaired) electrons. The van der Waals surface area contributed by atoms with Gasteiger partial charge in [0.15, 0.2) is 9.84 Å². The number of ether oxygens (including phenoxy) is 1. The predicted molar refractivity (Wildman–Crippen MR) is 172 cm³/mol. The van der Waals surface area contributed by atoms with E-state index in [0.717, 1.165) is 73.1 Å². The van der Waals surface area contributed by atoms with Crippen molar-refractivity contribution >= 4 is 21.5 Å². The van der Waals surface area contributed by atoms with E-state index in [0.29, 0.717) is 17.1 Å². The summed E-state index contributed by atoms with van der Waals surface area (Å²) in [5.74, 6) is 0.00366. The van der Waals surface area contributed by atoms with Crippen molar-refractivity contribution in [3.8, 4) is 5.75 Å². The molecule has 1 aliphatic rings. The minimum Gasteiger partial charge on any atom is -0.487 e. The first-order valence-corrected chi connectivity index (χ1v) is 17.1. The number of hydrogen-bond acceptors (Lipinski definition) is 6. The number of nitrogens with zero attached hydrogens (tertiary/aromatic N) is 2. The van der Waals surface area contributed by atoms with Crippen molar-refractivity contribution in [3.05, 3.63) is 83.2 Å². The number of sulfone groups is 1. The number of pyridine rings is 1. The van der Waals surface area contributed by atoms with Crippen molar-refractivity contribution in [2.75, 3.05) is 24.7 Å². The van der Waals surface area contributed by atoms with Crippen LogP contribution >= 0.6 is 0 Å². The quantitative estimate of drug-likeness (QED) is 0.204. The SMILES string of the molecule is CCCCC1(CCCC)CC(c2ccc(OCc3cccc(CCC(=O)O)n3)cc2)c2cc(N(C)C)ccc2S(=O)(=O)C1. The lowest BCUT2D eigenvalue weighted by Crippen LogP contribution is -2.30. The molecular weight excluding hydrogens is 560 g/mol. The highest BCUT2D eigenvalue weighted by molar-refractivity contribution is 7.91. The smallest absolute Gasteiger partial charge is 0.303 e. The Balaban J connectivity index is 1.65. The van der Waals surface area contributed by atoms with Crippen LogP contribution in [-0.2, 0) is 27.7 Å². The molecule has 3 aromatic rings. The van der Waals surface area contributed by atoms with Crippen molar-refractivity contribution < 1.29 is 23.1 Å². The minimum atomic E-state index is -3.47. The molecule has 232 valence electrons. The Morgan fingerprint density at radius 2 is 1.67 bits per heavy atom. The zero-order valence-corrected chi connectivity index (χ0v) is 26.8. The summed E-state index contributed by atoms with van der Waals surface area (Å²) >= 11 is 0. The lowest BCUT2D eigenvalue weighted by atomic mass is 9.70. The number of carboxylic acid groups (broad SMARTS) is 1. The summed E-state index contributed by atoms with van der Waals surface area (Å²) in [4.78, 5) is 17.9. The van der Waals surface area contributed by atoms with Crippen molar-refractivity contribution in [3.63, 3.8) is 0 Å². The van der Waals surface area contributed by atoms with Crippen LogP contribution < -0.4 is 9.64 Å². The van der Waals surface area contributed by atoms with Crippen LogP contribution in [0.3, 0.4) is 0 Å². The van der Waals surface area contributed by atoms with Crippen LogP contribution in [0.4, 0.5) is 5.69 Å². The number of carboxylic acids is 1. The van der Waals surface area contributed by atoms with Gasteiger partial charge >= 0.3 is 5.97 Å². The monoisotopic (exact) mass is 606 g/mol. The number of carbonyl (C=O) groups is 1. The van der Waals surface area contributed by atoms with Crippen LogP contribution in [0.5, 0.6) is 5.75 Å². The van der Waals surface area contributed by atoms with Gasteiger partial charge in [-0.1, -0.05) is 57.7 Å².